The van der Waals surface area contributed by atoms with Gasteiger partial charge < -0.3 is 5.32 Å². The molecule has 21 heavy (non-hydrogen) atoms. The number of aromatic nitrogens is 1. The van der Waals surface area contributed by atoms with Crippen LogP contribution in [-0.2, 0) is 10.2 Å². The summed E-state index contributed by atoms with van der Waals surface area (Å²) in [5.74, 6) is 0.380. The van der Waals surface area contributed by atoms with E-state index >= 15 is 0 Å². The number of nitrogens with zero attached hydrogens (tertiary/aromatic N) is 2. The SMILES string of the molecule is CNCC1CCCN(S(=O)(=O)NC(C)c2ccccn2)C1. The van der Waals surface area contributed by atoms with Crippen molar-refractivity contribution in [3.63, 3.8) is 0 Å². The molecule has 1 aliphatic heterocycles. The Morgan fingerprint density at radius 1 is 1.48 bits per heavy atom. The highest BCUT2D eigenvalue weighted by Crippen LogP contribution is 2.19. The third-order valence-electron chi connectivity index (χ3n) is 3.77. The monoisotopic (exact) mass is 312 g/mol. The van der Waals surface area contributed by atoms with Crippen molar-refractivity contribution in [2.75, 3.05) is 26.7 Å². The van der Waals surface area contributed by atoms with Gasteiger partial charge >= 0.3 is 0 Å². The maximum absolute atomic E-state index is 12.5. The van der Waals surface area contributed by atoms with Gasteiger partial charge in [0.2, 0.25) is 0 Å². The molecule has 7 heteroatoms. The topological polar surface area (TPSA) is 74.3 Å². The van der Waals surface area contributed by atoms with Gasteiger partial charge in [0.15, 0.2) is 0 Å². The molecule has 0 bridgehead atoms. The summed E-state index contributed by atoms with van der Waals surface area (Å²) in [5.41, 5.74) is 0.727. The van der Waals surface area contributed by atoms with Crippen LogP contribution >= 0.6 is 0 Å². The fourth-order valence-corrected chi connectivity index (χ4v) is 4.18. The molecule has 0 radical (unpaired) electrons. The Bertz CT molecular complexity index is 533. The normalized spacial score (nSPS) is 22.1. The number of piperidine rings is 1. The van der Waals surface area contributed by atoms with E-state index in [9.17, 15) is 8.42 Å². The van der Waals surface area contributed by atoms with E-state index in [0.717, 1.165) is 25.1 Å². The summed E-state index contributed by atoms with van der Waals surface area (Å²) in [7, 11) is -1.57. The standard InChI is InChI=1S/C14H24N4O2S/c1-12(14-7-3-4-8-16-14)17-21(19,20)18-9-5-6-13(11-18)10-15-2/h3-4,7-8,12-13,15,17H,5-6,9-11H2,1-2H3. The molecule has 0 saturated carbocycles. The Balaban J connectivity index is 2.01. The van der Waals surface area contributed by atoms with Crippen molar-refractivity contribution in [2.24, 2.45) is 5.92 Å². The average molecular weight is 312 g/mol. The molecule has 2 unspecified atom stereocenters. The van der Waals surface area contributed by atoms with Crippen LogP contribution in [0.4, 0.5) is 0 Å². The van der Waals surface area contributed by atoms with Gasteiger partial charge in [0, 0.05) is 19.3 Å². The fourth-order valence-electron chi connectivity index (χ4n) is 2.69. The molecule has 2 atom stereocenters. The van der Waals surface area contributed by atoms with Crippen LogP contribution in [0.1, 0.15) is 31.5 Å². The van der Waals surface area contributed by atoms with Crippen molar-refractivity contribution >= 4 is 10.2 Å². The third-order valence-corrected chi connectivity index (χ3v) is 5.43. The highest BCUT2D eigenvalue weighted by Gasteiger charge is 2.29. The second-order valence-electron chi connectivity index (χ2n) is 5.52. The first-order valence-electron chi connectivity index (χ1n) is 7.36. The molecular formula is C14H24N4O2S. The maximum Gasteiger partial charge on any atom is 0.280 e. The van der Waals surface area contributed by atoms with Gasteiger partial charge in [-0.15, -0.1) is 0 Å². The zero-order chi connectivity index (χ0) is 15.3. The minimum absolute atomic E-state index is 0.333. The maximum atomic E-state index is 12.5. The number of pyridine rings is 1. The molecule has 0 aromatic carbocycles. The summed E-state index contributed by atoms with van der Waals surface area (Å²) in [5, 5.41) is 3.12. The van der Waals surface area contributed by atoms with Crippen LogP contribution in [-0.4, -0.2) is 44.4 Å². The summed E-state index contributed by atoms with van der Waals surface area (Å²) in [4.78, 5) is 4.20. The minimum Gasteiger partial charge on any atom is -0.319 e. The second-order valence-corrected chi connectivity index (χ2v) is 7.23. The van der Waals surface area contributed by atoms with Crippen LogP contribution in [0.25, 0.3) is 0 Å². The van der Waals surface area contributed by atoms with Crippen molar-refractivity contribution in [1.29, 1.82) is 0 Å². The molecule has 1 aromatic heterocycles. The van der Waals surface area contributed by atoms with Crippen LogP contribution in [0, 0.1) is 5.92 Å². The van der Waals surface area contributed by atoms with Crippen molar-refractivity contribution < 1.29 is 8.42 Å². The van der Waals surface area contributed by atoms with E-state index in [0.29, 0.717) is 19.0 Å². The molecule has 0 aliphatic carbocycles. The van der Waals surface area contributed by atoms with Crippen molar-refractivity contribution in [3.8, 4) is 0 Å². The molecule has 6 nitrogen and oxygen atoms in total. The van der Waals surface area contributed by atoms with E-state index in [1.165, 1.54) is 0 Å². The summed E-state index contributed by atoms with van der Waals surface area (Å²) in [6.07, 6.45) is 3.65. The first kappa shape index (κ1) is 16.4. The van der Waals surface area contributed by atoms with Gasteiger partial charge in [0.25, 0.3) is 10.2 Å². The van der Waals surface area contributed by atoms with Crippen LogP contribution in [0.15, 0.2) is 24.4 Å². The van der Waals surface area contributed by atoms with E-state index in [2.05, 4.69) is 15.0 Å². The Kier molecular flexibility index (Phi) is 5.69. The molecule has 0 amide bonds. The Morgan fingerprint density at radius 3 is 2.95 bits per heavy atom. The highest BCUT2D eigenvalue weighted by molar-refractivity contribution is 7.87. The Morgan fingerprint density at radius 2 is 2.29 bits per heavy atom. The summed E-state index contributed by atoms with van der Waals surface area (Å²) in [6.45, 7) is 3.83. The van der Waals surface area contributed by atoms with Crippen LogP contribution in [0.2, 0.25) is 0 Å². The molecule has 1 aromatic rings. The highest BCUT2D eigenvalue weighted by atomic mass is 32.2. The van der Waals surface area contributed by atoms with Gasteiger partial charge in [-0.25, -0.2) is 0 Å². The van der Waals surface area contributed by atoms with Gasteiger partial charge in [-0.2, -0.15) is 17.4 Å². The number of hydrogen-bond donors (Lipinski definition) is 2. The van der Waals surface area contributed by atoms with Gasteiger partial charge in [0.05, 0.1) is 11.7 Å². The second kappa shape index (κ2) is 7.31. The lowest BCUT2D eigenvalue weighted by atomic mass is 10.00. The van der Waals surface area contributed by atoms with Gasteiger partial charge in [-0.3, -0.25) is 4.98 Å². The fraction of sp³-hybridized carbons (Fsp3) is 0.643. The van der Waals surface area contributed by atoms with Crippen LogP contribution in [0.3, 0.4) is 0 Å². The van der Waals surface area contributed by atoms with E-state index < -0.39 is 10.2 Å². The molecule has 0 spiro atoms. The number of rotatable bonds is 6. The Labute approximate surface area is 127 Å². The summed E-state index contributed by atoms with van der Waals surface area (Å²) < 4.78 is 29.2. The van der Waals surface area contributed by atoms with Crippen molar-refractivity contribution in [1.82, 2.24) is 19.3 Å². The van der Waals surface area contributed by atoms with Gasteiger partial charge in [-0.05, 0) is 51.4 Å². The van der Waals surface area contributed by atoms with Gasteiger partial charge in [0.1, 0.15) is 0 Å². The van der Waals surface area contributed by atoms with Crippen molar-refractivity contribution in [2.45, 2.75) is 25.8 Å². The van der Waals surface area contributed by atoms with E-state index in [1.54, 1.807) is 10.5 Å². The molecule has 2 heterocycles. The van der Waals surface area contributed by atoms with E-state index in [-0.39, 0.29) is 6.04 Å². The van der Waals surface area contributed by atoms with E-state index in [4.69, 9.17) is 0 Å². The van der Waals surface area contributed by atoms with Crippen molar-refractivity contribution in [3.05, 3.63) is 30.1 Å². The lowest BCUT2D eigenvalue weighted by molar-refractivity contribution is 0.260. The predicted molar refractivity (Wildman–Crippen MR) is 82.9 cm³/mol. The first-order chi connectivity index (χ1) is 10.0. The number of hydrogen-bond acceptors (Lipinski definition) is 4. The molecular weight excluding hydrogens is 288 g/mol. The van der Waals surface area contributed by atoms with Gasteiger partial charge in [-0.1, -0.05) is 6.07 Å². The molecule has 1 saturated heterocycles. The quantitative estimate of drug-likeness (QED) is 0.819. The van der Waals surface area contributed by atoms with Crippen LogP contribution < -0.4 is 10.0 Å². The molecule has 2 N–H and O–H groups in total. The zero-order valence-electron chi connectivity index (χ0n) is 12.6. The largest absolute Gasteiger partial charge is 0.319 e. The Hall–Kier alpha value is -1.02. The molecule has 1 aliphatic rings. The van der Waals surface area contributed by atoms with Crippen LogP contribution in [0.5, 0.6) is 0 Å². The molecule has 118 valence electrons. The summed E-state index contributed by atoms with van der Waals surface area (Å²) >= 11 is 0. The summed E-state index contributed by atoms with van der Waals surface area (Å²) in [6, 6.07) is 5.17. The third kappa shape index (κ3) is 4.47. The zero-order valence-corrected chi connectivity index (χ0v) is 13.4. The lowest BCUT2D eigenvalue weighted by Gasteiger charge is -2.32. The first-order valence-corrected chi connectivity index (χ1v) is 8.80. The minimum atomic E-state index is -3.47. The predicted octanol–water partition coefficient (Wildman–Crippen LogP) is 0.908. The smallest absolute Gasteiger partial charge is 0.280 e. The molecule has 2 rings (SSSR count). The lowest BCUT2D eigenvalue weighted by Crippen LogP contribution is -2.48. The molecule has 1 fully saturated rings. The average Bonchev–Trinajstić information content (AvgIpc) is 2.48. The number of nitrogens with one attached hydrogen (secondary N) is 2. The van der Waals surface area contributed by atoms with E-state index in [1.807, 2.05) is 32.2 Å².